The Kier molecular flexibility index (Phi) is 4.20. The van der Waals surface area contributed by atoms with Crippen LogP contribution in [-0.4, -0.2) is 28.6 Å². The molecule has 0 aliphatic carbocycles. The maximum atomic E-state index is 11.7. The second-order valence-corrected chi connectivity index (χ2v) is 5.55. The highest BCUT2D eigenvalue weighted by Crippen LogP contribution is 2.11. The van der Waals surface area contributed by atoms with Gasteiger partial charge in [-0.25, -0.2) is 4.98 Å². The average Bonchev–Trinajstić information content (AvgIpc) is 2.96. The number of thioether (sulfide) groups is 1. The lowest BCUT2D eigenvalue weighted by atomic mass is 10.3. The predicted molar refractivity (Wildman–Crippen MR) is 67.6 cm³/mol. The molecule has 1 aromatic rings. The third kappa shape index (κ3) is 2.96. The number of aromatic nitrogens is 1. The second-order valence-electron chi connectivity index (χ2n) is 3.58. The number of carbonyl (C=O) groups excluding carboxylic acids is 1. The van der Waals surface area contributed by atoms with Crippen LogP contribution in [0, 0.1) is 0 Å². The second kappa shape index (κ2) is 5.65. The van der Waals surface area contributed by atoms with Gasteiger partial charge in [0.25, 0.3) is 0 Å². The van der Waals surface area contributed by atoms with Crippen molar-refractivity contribution in [3.8, 4) is 0 Å². The predicted octanol–water partition coefficient (Wildman–Crippen LogP) is 0.984. The lowest BCUT2D eigenvalue weighted by molar-refractivity contribution is -0.122. The van der Waals surface area contributed by atoms with Crippen molar-refractivity contribution in [2.24, 2.45) is 0 Å². The Morgan fingerprint density at radius 2 is 2.62 bits per heavy atom. The minimum absolute atomic E-state index is 0.0331. The van der Waals surface area contributed by atoms with E-state index in [1.807, 2.05) is 5.38 Å². The highest BCUT2D eigenvalue weighted by Gasteiger charge is 2.21. The molecule has 1 aliphatic heterocycles. The van der Waals surface area contributed by atoms with E-state index in [9.17, 15) is 4.79 Å². The molecular formula is C10H15N3OS2. The molecule has 0 spiro atoms. The fourth-order valence-electron chi connectivity index (χ4n) is 1.46. The standard InChI is InChI=1S/C10H15N3OS2/c1-2-9-13-7(4-16-9)3-11-10(14)8-5-15-6-12-8/h4,8,12H,2-3,5-6H2,1H3,(H,11,14). The average molecular weight is 257 g/mol. The maximum absolute atomic E-state index is 11.7. The number of rotatable bonds is 4. The number of nitrogens with zero attached hydrogens (tertiary/aromatic N) is 1. The van der Waals surface area contributed by atoms with E-state index in [1.165, 1.54) is 0 Å². The topological polar surface area (TPSA) is 54.0 Å². The van der Waals surface area contributed by atoms with Crippen molar-refractivity contribution in [3.63, 3.8) is 0 Å². The van der Waals surface area contributed by atoms with E-state index in [0.717, 1.165) is 28.8 Å². The summed E-state index contributed by atoms with van der Waals surface area (Å²) in [6.45, 7) is 2.62. The first kappa shape index (κ1) is 11.9. The van der Waals surface area contributed by atoms with Gasteiger partial charge in [0.1, 0.15) is 0 Å². The van der Waals surface area contributed by atoms with Crippen LogP contribution < -0.4 is 10.6 Å². The molecule has 1 aliphatic rings. The van der Waals surface area contributed by atoms with Gasteiger partial charge in [-0.15, -0.1) is 23.1 Å². The van der Waals surface area contributed by atoms with Gasteiger partial charge in [-0.1, -0.05) is 6.92 Å². The summed E-state index contributed by atoms with van der Waals surface area (Å²) in [5.41, 5.74) is 0.959. The molecule has 1 saturated heterocycles. The number of amides is 1. The molecule has 1 atom stereocenters. The van der Waals surface area contributed by atoms with Crippen LogP contribution in [0.5, 0.6) is 0 Å². The fourth-order valence-corrected chi connectivity index (χ4v) is 3.14. The van der Waals surface area contributed by atoms with Crippen molar-refractivity contribution in [1.82, 2.24) is 15.6 Å². The highest BCUT2D eigenvalue weighted by molar-refractivity contribution is 7.99. The van der Waals surface area contributed by atoms with Gasteiger partial charge in [0.05, 0.1) is 23.3 Å². The van der Waals surface area contributed by atoms with Gasteiger partial charge in [0, 0.05) is 17.0 Å². The third-order valence-corrected chi connectivity index (χ3v) is 4.36. The van der Waals surface area contributed by atoms with Crippen molar-refractivity contribution in [2.45, 2.75) is 25.9 Å². The van der Waals surface area contributed by atoms with Gasteiger partial charge < -0.3 is 5.32 Å². The van der Waals surface area contributed by atoms with Gasteiger partial charge in [-0.3, -0.25) is 10.1 Å². The largest absolute Gasteiger partial charge is 0.349 e. The molecule has 88 valence electrons. The number of hydrogen-bond donors (Lipinski definition) is 2. The minimum Gasteiger partial charge on any atom is -0.349 e. The van der Waals surface area contributed by atoms with Gasteiger partial charge in [0.15, 0.2) is 0 Å². The van der Waals surface area contributed by atoms with Crippen LogP contribution in [0.3, 0.4) is 0 Å². The lowest BCUT2D eigenvalue weighted by Crippen LogP contribution is -2.41. The Labute approximate surface area is 103 Å². The summed E-state index contributed by atoms with van der Waals surface area (Å²) in [5.74, 6) is 1.81. The van der Waals surface area contributed by atoms with Crippen molar-refractivity contribution in [1.29, 1.82) is 0 Å². The summed E-state index contributed by atoms with van der Waals surface area (Å²) in [5, 5.41) is 9.18. The molecule has 1 aromatic heterocycles. The lowest BCUT2D eigenvalue weighted by Gasteiger charge is -2.08. The maximum Gasteiger partial charge on any atom is 0.238 e. The molecule has 0 saturated carbocycles. The summed E-state index contributed by atoms with van der Waals surface area (Å²) >= 11 is 3.41. The van der Waals surface area contributed by atoms with Crippen molar-refractivity contribution in [2.75, 3.05) is 11.6 Å². The molecule has 1 unspecified atom stereocenters. The Morgan fingerprint density at radius 3 is 3.25 bits per heavy atom. The summed E-state index contributed by atoms with van der Waals surface area (Å²) in [7, 11) is 0. The summed E-state index contributed by atoms with van der Waals surface area (Å²) < 4.78 is 0. The molecule has 1 fully saturated rings. The van der Waals surface area contributed by atoms with Crippen molar-refractivity contribution in [3.05, 3.63) is 16.1 Å². The number of nitrogens with one attached hydrogen (secondary N) is 2. The molecule has 4 nitrogen and oxygen atoms in total. The third-order valence-electron chi connectivity index (χ3n) is 2.38. The van der Waals surface area contributed by atoms with Crippen LogP contribution >= 0.6 is 23.1 Å². The van der Waals surface area contributed by atoms with Crippen LogP contribution in [0.15, 0.2) is 5.38 Å². The molecule has 0 aromatic carbocycles. The van der Waals surface area contributed by atoms with Crippen LogP contribution in [-0.2, 0) is 17.8 Å². The molecule has 16 heavy (non-hydrogen) atoms. The number of hydrogen-bond acceptors (Lipinski definition) is 5. The van der Waals surface area contributed by atoms with Crippen LogP contribution in [0.4, 0.5) is 0 Å². The van der Waals surface area contributed by atoms with E-state index < -0.39 is 0 Å². The molecule has 0 radical (unpaired) electrons. The van der Waals surface area contributed by atoms with Crippen molar-refractivity contribution >= 4 is 29.0 Å². The van der Waals surface area contributed by atoms with E-state index in [2.05, 4.69) is 22.5 Å². The molecule has 6 heteroatoms. The Bertz CT molecular complexity index is 361. The van der Waals surface area contributed by atoms with Crippen molar-refractivity contribution < 1.29 is 4.79 Å². The SMILES string of the molecule is CCc1nc(CNC(=O)C2CSCN2)cs1. The normalized spacial score (nSPS) is 19.9. The Morgan fingerprint density at radius 1 is 1.75 bits per heavy atom. The van der Waals surface area contributed by atoms with E-state index in [1.54, 1.807) is 23.1 Å². The first-order chi connectivity index (χ1) is 7.79. The summed E-state index contributed by atoms with van der Waals surface area (Å²) in [6, 6.07) is -0.0331. The van der Waals surface area contributed by atoms with Gasteiger partial charge in [0.2, 0.25) is 5.91 Å². The smallest absolute Gasteiger partial charge is 0.238 e. The molecule has 2 N–H and O–H groups in total. The van der Waals surface area contributed by atoms with E-state index in [4.69, 9.17) is 0 Å². The monoisotopic (exact) mass is 257 g/mol. The van der Waals surface area contributed by atoms with E-state index >= 15 is 0 Å². The molecule has 0 bridgehead atoms. The zero-order valence-electron chi connectivity index (χ0n) is 9.16. The highest BCUT2D eigenvalue weighted by atomic mass is 32.2. The molecule has 1 amide bonds. The number of carbonyl (C=O) groups is 1. The van der Waals surface area contributed by atoms with Crippen LogP contribution in [0.1, 0.15) is 17.6 Å². The fraction of sp³-hybridized carbons (Fsp3) is 0.600. The molecule has 2 rings (SSSR count). The van der Waals surface area contributed by atoms with Gasteiger partial charge in [-0.05, 0) is 6.42 Å². The van der Waals surface area contributed by atoms with Crippen LogP contribution in [0.2, 0.25) is 0 Å². The van der Waals surface area contributed by atoms with E-state index in [0.29, 0.717) is 6.54 Å². The van der Waals surface area contributed by atoms with Crippen LogP contribution in [0.25, 0.3) is 0 Å². The number of thiazole rings is 1. The quantitative estimate of drug-likeness (QED) is 0.844. The minimum atomic E-state index is -0.0331. The molecular weight excluding hydrogens is 242 g/mol. The summed E-state index contributed by atoms with van der Waals surface area (Å²) in [4.78, 5) is 16.1. The van der Waals surface area contributed by atoms with Gasteiger partial charge in [-0.2, -0.15) is 0 Å². The van der Waals surface area contributed by atoms with Gasteiger partial charge >= 0.3 is 0 Å². The molecule has 2 heterocycles. The Balaban J connectivity index is 1.80. The number of aryl methyl sites for hydroxylation is 1. The Hall–Kier alpha value is -0.590. The zero-order valence-corrected chi connectivity index (χ0v) is 10.8. The first-order valence-electron chi connectivity index (χ1n) is 5.31. The first-order valence-corrected chi connectivity index (χ1v) is 7.35. The summed E-state index contributed by atoms with van der Waals surface area (Å²) in [6.07, 6.45) is 0.958. The van der Waals surface area contributed by atoms with E-state index in [-0.39, 0.29) is 11.9 Å². The zero-order chi connectivity index (χ0) is 11.4.